The van der Waals surface area contributed by atoms with Gasteiger partial charge in [0.05, 0.1) is 0 Å². The molecule has 1 heterocycles. The fourth-order valence-electron chi connectivity index (χ4n) is 2.12. The summed E-state index contributed by atoms with van der Waals surface area (Å²) in [6, 6.07) is 3.79. The molecule has 0 radical (unpaired) electrons. The first-order valence-electron chi connectivity index (χ1n) is 5.47. The van der Waals surface area contributed by atoms with Gasteiger partial charge in [0.2, 0.25) is 0 Å². The van der Waals surface area contributed by atoms with Crippen molar-refractivity contribution in [1.82, 2.24) is 4.57 Å². The molecule has 0 spiro atoms. The van der Waals surface area contributed by atoms with Crippen LogP contribution in [-0.2, 0) is 5.41 Å². The van der Waals surface area contributed by atoms with E-state index >= 15 is 0 Å². The van der Waals surface area contributed by atoms with Gasteiger partial charge in [-0.15, -0.1) is 0 Å². The molecule has 0 aliphatic rings. The highest BCUT2D eigenvalue weighted by Crippen LogP contribution is 2.26. The Bertz CT molecular complexity index is 408. The van der Waals surface area contributed by atoms with E-state index in [1.54, 1.807) is 6.07 Å². The summed E-state index contributed by atoms with van der Waals surface area (Å²) in [6.45, 7) is 12.6. The first-order chi connectivity index (χ1) is 6.75. The van der Waals surface area contributed by atoms with Gasteiger partial charge in [0, 0.05) is 23.2 Å². The normalized spacial score (nSPS) is 12.2. The van der Waals surface area contributed by atoms with Gasteiger partial charge >= 0.3 is 0 Å². The van der Waals surface area contributed by atoms with Crippen LogP contribution in [-0.4, -0.2) is 4.57 Å². The average molecular weight is 207 g/mol. The Morgan fingerprint density at radius 2 is 1.73 bits per heavy atom. The van der Waals surface area contributed by atoms with Crippen molar-refractivity contribution in [2.75, 3.05) is 0 Å². The van der Waals surface area contributed by atoms with E-state index in [-0.39, 0.29) is 17.0 Å². The predicted octanol–water partition coefficient (Wildman–Crippen LogP) is 3.04. The molecule has 84 valence electrons. The molecule has 2 heteroatoms. The van der Waals surface area contributed by atoms with Gasteiger partial charge in [-0.05, 0) is 26.3 Å². The summed E-state index contributed by atoms with van der Waals surface area (Å²) < 4.78 is 1.90. The number of pyridine rings is 1. The van der Waals surface area contributed by atoms with Crippen molar-refractivity contribution in [3.05, 3.63) is 33.7 Å². The van der Waals surface area contributed by atoms with Gasteiger partial charge in [-0.2, -0.15) is 0 Å². The topological polar surface area (TPSA) is 22.0 Å². The summed E-state index contributed by atoms with van der Waals surface area (Å²) in [7, 11) is 0. The molecule has 0 saturated carbocycles. The number of aryl methyl sites for hydroxylation is 1. The Morgan fingerprint density at radius 3 is 2.07 bits per heavy atom. The summed E-state index contributed by atoms with van der Waals surface area (Å²) in [6.07, 6.45) is 0. The van der Waals surface area contributed by atoms with E-state index in [0.717, 1.165) is 5.69 Å². The zero-order chi connectivity index (χ0) is 11.8. The van der Waals surface area contributed by atoms with Crippen LogP contribution in [0.3, 0.4) is 0 Å². The largest absolute Gasteiger partial charge is 0.309 e. The van der Waals surface area contributed by atoms with E-state index in [1.807, 2.05) is 10.6 Å². The van der Waals surface area contributed by atoms with Crippen LogP contribution < -0.4 is 5.56 Å². The highest BCUT2D eigenvalue weighted by atomic mass is 16.1. The molecular weight excluding hydrogens is 186 g/mol. The number of nitrogens with zero attached hydrogens (tertiary/aromatic N) is 1. The van der Waals surface area contributed by atoms with E-state index in [0.29, 0.717) is 0 Å². The minimum absolute atomic E-state index is 0.00870. The lowest BCUT2D eigenvalue weighted by molar-refractivity contribution is 0.463. The van der Waals surface area contributed by atoms with Crippen LogP contribution in [0.15, 0.2) is 16.9 Å². The Labute approximate surface area is 91.9 Å². The van der Waals surface area contributed by atoms with Gasteiger partial charge in [-0.1, -0.05) is 26.8 Å². The second kappa shape index (κ2) is 3.84. The minimum atomic E-state index is 0.00870. The van der Waals surface area contributed by atoms with Crippen molar-refractivity contribution in [2.45, 2.75) is 53.0 Å². The van der Waals surface area contributed by atoms with E-state index in [4.69, 9.17) is 0 Å². The van der Waals surface area contributed by atoms with E-state index in [9.17, 15) is 4.79 Å². The van der Waals surface area contributed by atoms with E-state index in [2.05, 4.69) is 41.5 Å². The van der Waals surface area contributed by atoms with Crippen molar-refractivity contribution < 1.29 is 0 Å². The van der Waals surface area contributed by atoms with Crippen LogP contribution in [0.25, 0.3) is 0 Å². The van der Waals surface area contributed by atoms with Gasteiger partial charge in [-0.3, -0.25) is 4.79 Å². The van der Waals surface area contributed by atoms with Gasteiger partial charge in [-0.25, -0.2) is 0 Å². The number of rotatable bonds is 1. The van der Waals surface area contributed by atoms with Crippen molar-refractivity contribution in [2.24, 2.45) is 0 Å². The molecule has 1 rings (SSSR count). The highest BCUT2D eigenvalue weighted by molar-refractivity contribution is 5.26. The van der Waals surface area contributed by atoms with Crippen LogP contribution in [0.1, 0.15) is 51.9 Å². The molecule has 0 unspecified atom stereocenters. The Hall–Kier alpha value is -1.05. The standard InChI is InChI=1S/C13H21NO/c1-9(2)14-11(15)8-7-10(3)12(14)13(4,5)6/h7-9H,1-6H3. The van der Waals surface area contributed by atoms with Crippen LogP contribution >= 0.6 is 0 Å². The maximum absolute atomic E-state index is 11.8. The first-order valence-corrected chi connectivity index (χ1v) is 5.47. The third-order valence-corrected chi connectivity index (χ3v) is 2.55. The second-order valence-corrected chi connectivity index (χ2v) is 5.42. The number of hydrogen-bond donors (Lipinski definition) is 0. The highest BCUT2D eigenvalue weighted by Gasteiger charge is 2.22. The van der Waals surface area contributed by atoms with Crippen LogP contribution in [0.2, 0.25) is 0 Å². The maximum Gasteiger partial charge on any atom is 0.250 e. The monoisotopic (exact) mass is 207 g/mol. The van der Waals surface area contributed by atoms with Crippen molar-refractivity contribution in [3.63, 3.8) is 0 Å². The zero-order valence-electron chi connectivity index (χ0n) is 10.6. The third kappa shape index (κ3) is 2.31. The van der Waals surface area contributed by atoms with E-state index < -0.39 is 0 Å². The molecule has 0 bridgehead atoms. The molecule has 0 saturated heterocycles. The third-order valence-electron chi connectivity index (χ3n) is 2.55. The predicted molar refractivity (Wildman–Crippen MR) is 64.5 cm³/mol. The number of aromatic nitrogens is 1. The summed E-state index contributed by atoms with van der Waals surface area (Å²) in [5.41, 5.74) is 2.44. The molecule has 0 aliphatic heterocycles. The minimum Gasteiger partial charge on any atom is -0.309 e. The van der Waals surface area contributed by atoms with Crippen molar-refractivity contribution in [1.29, 1.82) is 0 Å². The molecule has 0 fully saturated rings. The van der Waals surface area contributed by atoms with Gasteiger partial charge < -0.3 is 4.57 Å². The molecule has 1 aromatic rings. The number of hydrogen-bond acceptors (Lipinski definition) is 1. The summed E-state index contributed by atoms with van der Waals surface area (Å²) >= 11 is 0. The summed E-state index contributed by atoms with van der Waals surface area (Å²) in [5.74, 6) is 0. The molecule has 0 N–H and O–H groups in total. The SMILES string of the molecule is Cc1ccc(=O)n(C(C)C)c1C(C)(C)C. The second-order valence-electron chi connectivity index (χ2n) is 5.42. The van der Waals surface area contributed by atoms with Crippen LogP contribution in [0.5, 0.6) is 0 Å². The van der Waals surface area contributed by atoms with Crippen molar-refractivity contribution in [3.8, 4) is 0 Å². The maximum atomic E-state index is 11.8. The van der Waals surface area contributed by atoms with Gasteiger partial charge in [0.15, 0.2) is 0 Å². The molecule has 2 nitrogen and oxygen atoms in total. The molecule has 15 heavy (non-hydrogen) atoms. The quantitative estimate of drug-likeness (QED) is 0.693. The smallest absolute Gasteiger partial charge is 0.250 e. The molecule has 0 aromatic carbocycles. The Kier molecular flexibility index (Phi) is 3.08. The average Bonchev–Trinajstić information content (AvgIpc) is 2.05. The molecule has 0 atom stereocenters. The Morgan fingerprint density at radius 1 is 1.20 bits per heavy atom. The Balaban J connectivity index is 3.61. The fourth-order valence-corrected chi connectivity index (χ4v) is 2.12. The van der Waals surface area contributed by atoms with Crippen molar-refractivity contribution >= 4 is 0 Å². The lowest BCUT2D eigenvalue weighted by Gasteiger charge is -2.28. The molecule has 0 amide bonds. The van der Waals surface area contributed by atoms with Gasteiger partial charge in [0.25, 0.3) is 5.56 Å². The zero-order valence-corrected chi connectivity index (χ0v) is 10.6. The lowest BCUT2D eigenvalue weighted by Crippen LogP contribution is -2.31. The van der Waals surface area contributed by atoms with E-state index in [1.165, 1.54) is 5.56 Å². The molecule has 0 aliphatic carbocycles. The summed E-state index contributed by atoms with van der Waals surface area (Å²) in [5, 5.41) is 0. The molecular formula is C13H21NO. The first kappa shape index (κ1) is 12.0. The van der Waals surface area contributed by atoms with Crippen LogP contribution in [0, 0.1) is 6.92 Å². The van der Waals surface area contributed by atoms with Gasteiger partial charge in [0.1, 0.15) is 0 Å². The molecule has 1 aromatic heterocycles. The fraction of sp³-hybridized carbons (Fsp3) is 0.615. The lowest BCUT2D eigenvalue weighted by atomic mass is 9.88. The summed E-state index contributed by atoms with van der Waals surface area (Å²) in [4.78, 5) is 11.8. The van der Waals surface area contributed by atoms with Crippen LogP contribution in [0.4, 0.5) is 0 Å².